The summed E-state index contributed by atoms with van der Waals surface area (Å²) in [5.41, 5.74) is 0. The van der Waals surface area contributed by atoms with Gasteiger partial charge >= 0.3 is 68.5 Å². The predicted octanol–water partition coefficient (Wildman–Crippen LogP) is -10.9. The molecule has 22 heavy (non-hydrogen) atoms. The molecule has 0 radical (unpaired) electrons. The number of esters is 2. The van der Waals surface area contributed by atoms with E-state index in [4.69, 9.17) is 24.5 Å². The zero-order chi connectivity index (χ0) is 15.1. The van der Waals surface area contributed by atoms with Crippen molar-refractivity contribution in [2.45, 2.75) is 46.0 Å². The van der Waals surface area contributed by atoms with E-state index in [0.717, 1.165) is 25.7 Å². The van der Waals surface area contributed by atoms with E-state index in [2.05, 4.69) is 0 Å². The monoisotopic (exact) mass is 296 g/mol. The summed E-state index contributed by atoms with van der Waals surface area (Å²) in [6.07, 6.45) is 3.32. The Hall–Kier alpha value is 0.677. The van der Waals surface area contributed by atoms with E-state index in [1.165, 1.54) is 0 Å². The summed E-state index contributed by atoms with van der Waals surface area (Å²) < 4.78 is 9.64. The zero-order valence-electron chi connectivity index (χ0n) is 14.4. The molecular formula is C11H20BLi3O7. The van der Waals surface area contributed by atoms with Gasteiger partial charge in [-0.25, -0.2) is 0 Å². The third-order valence-corrected chi connectivity index (χ3v) is 1.81. The average Bonchev–Trinajstić information content (AvgIpc) is 2.29. The normalized spacial score (nSPS) is 7.86. The Balaban J connectivity index is -0.000000123. The number of carbonyl (C=O) groups excluding carboxylic acids is 2. The van der Waals surface area contributed by atoms with Crippen molar-refractivity contribution in [1.82, 2.24) is 0 Å². The molecule has 0 aromatic carbocycles. The minimum atomic E-state index is -2.92. The predicted molar refractivity (Wildman–Crippen MR) is 62.1 cm³/mol. The molecule has 0 aliphatic rings. The van der Waals surface area contributed by atoms with Gasteiger partial charge in [0, 0.05) is 0 Å². The van der Waals surface area contributed by atoms with Gasteiger partial charge in [-0.3, -0.25) is 16.9 Å². The Morgan fingerprint density at radius 3 is 1.32 bits per heavy atom. The second kappa shape index (κ2) is 26.6. The van der Waals surface area contributed by atoms with Crippen LogP contribution in [0.15, 0.2) is 0 Å². The molecule has 0 spiro atoms. The van der Waals surface area contributed by atoms with Gasteiger partial charge in [0.05, 0.1) is 13.2 Å². The maximum Gasteiger partial charge on any atom is 1.00 e. The van der Waals surface area contributed by atoms with Gasteiger partial charge in [0.1, 0.15) is 6.42 Å². The Morgan fingerprint density at radius 1 is 0.818 bits per heavy atom. The summed E-state index contributed by atoms with van der Waals surface area (Å²) in [5.74, 6) is -0.991. The van der Waals surface area contributed by atoms with Gasteiger partial charge in [-0.15, -0.1) is 0 Å². The maximum atomic E-state index is 11.0. The van der Waals surface area contributed by atoms with Crippen LogP contribution in [-0.2, 0) is 19.1 Å². The van der Waals surface area contributed by atoms with Crippen LogP contribution in [-0.4, -0.2) is 32.5 Å². The van der Waals surface area contributed by atoms with Crippen molar-refractivity contribution >= 4 is 19.3 Å². The second-order valence-corrected chi connectivity index (χ2v) is 3.61. The summed E-state index contributed by atoms with van der Waals surface area (Å²) >= 11 is 0. The first-order valence-corrected chi connectivity index (χ1v) is 6.22. The summed E-state index contributed by atoms with van der Waals surface area (Å²) in [4.78, 5) is 22.1. The molecule has 11 heteroatoms. The minimum Gasteiger partial charge on any atom is -0.907 e. The Morgan fingerprint density at radius 2 is 1.09 bits per heavy atom. The molecule has 0 atom stereocenters. The van der Waals surface area contributed by atoms with Crippen LogP contribution < -0.4 is 71.7 Å². The Bertz CT molecular complexity index is 223. The van der Waals surface area contributed by atoms with E-state index >= 15 is 0 Å². The fourth-order valence-corrected chi connectivity index (χ4v) is 0.881. The third-order valence-electron chi connectivity index (χ3n) is 1.81. The Kier molecular flexibility index (Phi) is 41.2. The molecule has 0 aliphatic carbocycles. The molecule has 0 N–H and O–H groups in total. The molecule has 0 saturated heterocycles. The molecular weight excluding hydrogens is 276 g/mol. The summed E-state index contributed by atoms with van der Waals surface area (Å²) in [6, 6.07) is 0. The van der Waals surface area contributed by atoms with Crippen LogP contribution in [0.5, 0.6) is 0 Å². The average molecular weight is 296 g/mol. The summed E-state index contributed by atoms with van der Waals surface area (Å²) in [7, 11) is -2.92. The Labute approximate surface area is 168 Å². The van der Waals surface area contributed by atoms with Gasteiger partial charge in [0.15, 0.2) is 0 Å². The van der Waals surface area contributed by atoms with Gasteiger partial charge in [-0.2, -0.15) is 0 Å². The molecule has 7 nitrogen and oxygen atoms in total. The number of carbonyl (C=O) groups is 2. The first-order chi connectivity index (χ1) is 8.93. The molecule has 0 fully saturated rings. The number of ether oxygens (including phenoxy) is 2. The number of hydrogen-bond donors (Lipinski definition) is 0. The van der Waals surface area contributed by atoms with Crippen molar-refractivity contribution in [1.29, 1.82) is 0 Å². The molecule has 0 aromatic rings. The minimum absolute atomic E-state index is 0. The van der Waals surface area contributed by atoms with E-state index in [-0.39, 0.29) is 63.0 Å². The molecule has 112 valence electrons. The van der Waals surface area contributed by atoms with E-state index in [0.29, 0.717) is 13.2 Å². The molecule has 0 aliphatic heterocycles. The molecule has 0 heterocycles. The van der Waals surface area contributed by atoms with Crippen LogP contribution >= 0.6 is 0 Å². The molecule has 0 saturated carbocycles. The first-order valence-electron chi connectivity index (χ1n) is 6.22. The molecule has 0 bridgehead atoms. The number of unbranched alkanes of at least 4 members (excludes halogenated alkanes) is 2. The van der Waals surface area contributed by atoms with Gasteiger partial charge in [0.25, 0.3) is 0 Å². The maximum absolute atomic E-state index is 11.0. The number of hydrogen-bond acceptors (Lipinski definition) is 7. The van der Waals surface area contributed by atoms with Crippen molar-refractivity contribution in [3.8, 4) is 0 Å². The second-order valence-electron chi connectivity index (χ2n) is 3.61. The van der Waals surface area contributed by atoms with Crippen LogP contribution in [0.4, 0.5) is 0 Å². The summed E-state index contributed by atoms with van der Waals surface area (Å²) in [6.45, 7) is 4.79. The van der Waals surface area contributed by atoms with Gasteiger partial charge in [-0.05, 0) is 12.8 Å². The van der Waals surface area contributed by atoms with Crippen LogP contribution in [0.1, 0.15) is 46.0 Å². The third kappa shape index (κ3) is 37.2. The van der Waals surface area contributed by atoms with Gasteiger partial charge in [0.2, 0.25) is 0 Å². The van der Waals surface area contributed by atoms with Crippen molar-refractivity contribution < 1.29 is 90.7 Å². The van der Waals surface area contributed by atoms with Crippen LogP contribution in [0.2, 0.25) is 0 Å². The fourth-order valence-electron chi connectivity index (χ4n) is 0.881. The topological polar surface area (TPSA) is 122 Å². The molecule has 0 rings (SSSR count). The smallest absolute Gasteiger partial charge is 0.907 e. The van der Waals surface area contributed by atoms with Crippen LogP contribution in [0.25, 0.3) is 0 Å². The van der Waals surface area contributed by atoms with E-state index < -0.39 is 19.3 Å². The SMILES string of the molecule is CCCCOC(=O)CC(=O)OCCCC.[Li+].[Li+].[Li+].[O-]B([O-])[O-]. The van der Waals surface area contributed by atoms with Gasteiger partial charge in [-0.1, -0.05) is 26.7 Å². The van der Waals surface area contributed by atoms with Crippen molar-refractivity contribution in [3.05, 3.63) is 0 Å². The largest absolute Gasteiger partial charge is 1.00 e. The molecule has 0 unspecified atom stereocenters. The van der Waals surface area contributed by atoms with E-state index in [1.807, 2.05) is 13.8 Å². The number of rotatable bonds is 8. The van der Waals surface area contributed by atoms with Crippen molar-refractivity contribution in [3.63, 3.8) is 0 Å². The standard InChI is InChI=1S/C11H20O4.BO3.3Li/c1-3-5-7-14-10(12)9-11(13)15-8-6-4-2;2-1(3)4;;;/h3-9H2,1-2H3;;;;/q;-3;3*+1. The van der Waals surface area contributed by atoms with E-state index in [1.54, 1.807) is 0 Å². The fraction of sp³-hybridized carbons (Fsp3) is 0.818. The molecule has 0 amide bonds. The molecule has 0 aromatic heterocycles. The van der Waals surface area contributed by atoms with Crippen LogP contribution in [0.3, 0.4) is 0 Å². The zero-order valence-corrected chi connectivity index (χ0v) is 14.4. The van der Waals surface area contributed by atoms with E-state index in [9.17, 15) is 9.59 Å². The summed E-state index contributed by atoms with van der Waals surface area (Å²) in [5, 5.41) is 25.2. The van der Waals surface area contributed by atoms with Crippen molar-refractivity contribution in [2.24, 2.45) is 0 Å². The first kappa shape index (κ1) is 34.1. The van der Waals surface area contributed by atoms with Gasteiger partial charge < -0.3 is 24.5 Å². The quantitative estimate of drug-likeness (QED) is 0.189. The van der Waals surface area contributed by atoms with Crippen molar-refractivity contribution in [2.75, 3.05) is 13.2 Å². The van der Waals surface area contributed by atoms with Crippen LogP contribution in [0, 0.1) is 0 Å².